The number of nitrogens with one attached hydrogen (secondary N) is 1. The molecular weight excluding hydrogens is 202 g/mol. The second-order valence-electron chi connectivity index (χ2n) is 3.86. The average molecular weight is 221 g/mol. The van der Waals surface area contributed by atoms with Gasteiger partial charge in [-0.25, -0.2) is 0 Å². The second kappa shape index (κ2) is 5.51. The molecule has 0 spiro atoms. The van der Waals surface area contributed by atoms with Gasteiger partial charge in [-0.15, -0.1) is 0 Å². The first-order valence-corrected chi connectivity index (χ1v) is 5.23. The Kier molecular flexibility index (Phi) is 4.31. The van der Waals surface area contributed by atoms with Gasteiger partial charge < -0.3 is 15.4 Å². The van der Waals surface area contributed by atoms with Crippen molar-refractivity contribution in [2.45, 2.75) is 13.0 Å². The molecule has 0 saturated heterocycles. The number of benzene rings is 1. The van der Waals surface area contributed by atoms with Gasteiger partial charge in [0.1, 0.15) is 5.84 Å². The maximum atomic E-state index is 7.52. The Bertz CT molecular complexity index is 365. The summed E-state index contributed by atoms with van der Waals surface area (Å²) in [6.45, 7) is 2.77. The number of anilines is 1. The fourth-order valence-electron chi connectivity index (χ4n) is 1.59. The number of hydrogen-bond acceptors (Lipinski definition) is 3. The van der Waals surface area contributed by atoms with Crippen LogP contribution < -0.4 is 10.6 Å². The lowest BCUT2D eigenvalue weighted by Crippen LogP contribution is -2.30. The monoisotopic (exact) mass is 221 g/mol. The maximum absolute atomic E-state index is 7.52. The van der Waals surface area contributed by atoms with Crippen LogP contribution in [0.15, 0.2) is 24.3 Å². The van der Waals surface area contributed by atoms with Gasteiger partial charge in [-0.2, -0.15) is 0 Å². The second-order valence-corrected chi connectivity index (χ2v) is 3.86. The molecule has 1 rings (SSSR count). The van der Waals surface area contributed by atoms with Crippen molar-refractivity contribution in [3.8, 4) is 0 Å². The molecule has 0 amide bonds. The van der Waals surface area contributed by atoms with Gasteiger partial charge in [0.15, 0.2) is 0 Å². The summed E-state index contributed by atoms with van der Waals surface area (Å²) >= 11 is 0. The van der Waals surface area contributed by atoms with Gasteiger partial charge in [0.05, 0.1) is 6.10 Å². The highest BCUT2D eigenvalue weighted by molar-refractivity contribution is 6.00. The SMILES string of the molecule is COC(C)CN(C)c1ccccc1C(=N)N. The summed E-state index contributed by atoms with van der Waals surface area (Å²) in [4.78, 5) is 2.05. The van der Waals surface area contributed by atoms with Crippen molar-refractivity contribution in [2.24, 2.45) is 5.73 Å². The minimum atomic E-state index is 0.0903. The van der Waals surface area contributed by atoms with E-state index in [2.05, 4.69) is 0 Å². The van der Waals surface area contributed by atoms with Crippen LogP contribution in [0.25, 0.3) is 0 Å². The fourth-order valence-corrected chi connectivity index (χ4v) is 1.59. The number of methoxy groups -OCH3 is 1. The molecule has 1 aromatic rings. The molecule has 0 saturated carbocycles. The van der Waals surface area contributed by atoms with Gasteiger partial charge in [-0.05, 0) is 19.1 Å². The summed E-state index contributed by atoms with van der Waals surface area (Å²) in [5, 5.41) is 7.52. The van der Waals surface area contributed by atoms with Gasteiger partial charge in [0, 0.05) is 32.0 Å². The highest BCUT2D eigenvalue weighted by Crippen LogP contribution is 2.18. The first-order valence-electron chi connectivity index (χ1n) is 5.23. The predicted molar refractivity (Wildman–Crippen MR) is 67.2 cm³/mol. The quantitative estimate of drug-likeness (QED) is 0.584. The van der Waals surface area contributed by atoms with Crippen molar-refractivity contribution in [1.29, 1.82) is 5.41 Å². The first kappa shape index (κ1) is 12.5. The van der Waals surface area contributed by atoms with E-state index in [4.69, 9.17) is 15.9 Å². The first-order chi connectivity index (χ1) is 7.56. The van der Waals surface area contributed by atoms with E-state index >= 15 is 0 Å². The number of nitrogen functional groups attached to an aromatic ring is 1. The van der Waals surface area contributed by atoms with Gasteiger partial charge in [-0.3, -0.25) is 5.41 Å². The van der Waals surface area contributed by atoms with E-state index < -0.39 is 0 Å². The Hall–Kier alpha value is -1.55. The Labute approximate surface area is 96.5 Å². The number of nitrogens with zero attached hydrogens (tertiary/aromatic N) is 1. The molecule has 1 aromatic carbocycles. The molecule has 0 aromatic heterocycles. The minimum Gasteiger partial charge on any atom is -0.384 e. The maximum Gasteiger partial charge on any atom is 0.124 e. The summed E-state index contributed by atoms with van der Waals surface area (Å²) in [6, 6.07) is 7.63. The molecule has 4 nitrogen and oxygen atoms in total. The van der Waals surface area contributed by atoms with Crippen LogP contribution in [0.2, 0.25) is 0 Å². The standard InChI is InChI=1S/C12H19N3O/c1-9(16-3)8-15(2)11-7-5-4-6-10(11)12(13)14/h4-7,9H,8H2,1-3H3,(H3,13,14). The zero-order valence-electron chi connectivity index (χ0n) is 10.0. The highest BCUT2D eigenvalue weighted by atomic mass is 16.5. The van der Waals surface area contributed by atoms with Gasteiger partial charge in [0.25, 0.3) is 0 Å². The van der Waals surface area contributed by atoms with Crippen molar-refractivity contribution < 1.29 is 4.74 Å². The zero-order chi connectivity index (χ0) is 12.1. The molecule has 0 aliphatic carbocycles. The molecule has 0 bridgehead atoms. The number of rotatable bonds is 5. The molecule has 0 radical (unpaired) electrons. The molecule has 3 N–H and O–H groups in total. The number of amidine groups is 1. The van der Waals surface area contributed by atoms with Crippen molar-refractivity contribution >= 4 is 11.5 Å². The van der Waals surface area contributed by atoms with Crippen LogP contribution in [0.4, 0.5) is 5.69 Å². The summed E-state index contributed by atoms with van der Waals surface area (Å²) in [6.07, 6.45) is 0.144. The zero-order valence-corrected chi connectivity index (χ0v) is 10.0. The third-order valence-electron chi connectivity index (χ3n) is 2.54. The number of ether oxygens (including phenoxy) is 1. The number of para-hydroxylation sites is 1. The van der Waals surface area contributed by atoms with E-state index in [9.17, 15) is 0 Å². The third kappa shape index (κ3) is 2.97. The van der Waals surface area contributed by atoms with Crippen LogP contribution >= 0.6 is 0 Å². The number of nitrogens with two attached hydrogens (primary N) is 1. The largest absolute Gasteiger partial charge is 0.384 e. The van der Waals surface area contributed by atoms with E-state index in [0.717, 1.165) is 17.8 Å². The molecule has 1 unspecified atom stereocenters. The van der Waals surface area contributed by atoms with Gasteiger partial charge >= 0.3 is 0 Å². The van der Waals surface area contributed by atoms with Crippen molar-refractivity contribution in [1.82, 2.24) is 0 Å². The Balaban J connectivity index is 2.90. The Morgan fingerprint density at radius 2 is 2.12 bits per heavy atom. The Morgan fingerprint density at radius 3 is 2.69 bits per heavy atom. The predicted octanol–water partition coefficient (Wildman–Crippen LogP) is 1.44. The minimum absolute atomic E-state index is 0.0903. The Morgan fingerprint density at radius 1 is 1.50 bits per heavy atom. The van der Waals surface area contributed by atoms with Crippen molar-refractivity contribution in [3.05, 3.63) is 29.8 Å². The van der Waals surface area contributed by atoms with Crippen LogP contribution in [-0.4, -0.2) is 32.6 Å². The highest BCUT2D eigenvalue weighted by Gasteiger charge is 2.11. The molecule has 0 fully saturated rings. The molecule has 0 aliphatic rings. The molecule has 4 heteroatoms. The third-order valence-corrected chi connectivity index (χ3v) is 2.54. The van der Waals surface area contributed by atoms with E-state index in [1.807, 2.05) is 43.1 Å². The summed E-state index contributed by atoms with van der Waals surface area (Å²) < 4.78 is 5.22. The summed E-state index contributed by atoms with van der Waals surface area (Å²) in [7, 11) is 3.66. The van der Waals surface area contributed by atoms with Crippen LogP contribution in [0.5, 0.6) is 0 Å². The molecule has 0 aliphatic heterocycles. The topological polar surface area (TPSA) is 62.3 Å². The molecule has 0 heterocycles. The van der Waals surface area contributed by atoms with E-state index in [0.29, 0.717) is 0 Å². The average Bonchev–Trinajstić information content (AvgIpc) is 2.28. The summed E-state index contributed by atoms with van der Waals surface area (Å²) in [5.41, 5.74) is 7.26. The van der Waals surface area contributed by atoms with Crippen molar-refractivity contribution in [3.63, 3.8) is 0 Å². The number of hydrogen-bond donors (Lipinski definition) is 2. The van der Waals surface area contributed by atoms with Gasteiger partial charge in [0.2, 0.25) is 0 Å². The lowest BCUT2D eigenvalue weighted by Gasteiger charge is -2.24. The van der Waals surface area contributed by atoms with E-state index in [1.54, 1.807) is 7.11 Å². The number of likely N-dealkylation sites (N-methyl/N-ethyl adjacent to an activating group) is 1. The molecule has 1 atom stereocenters. The van der Waals surface area contributed by atoms with Crippen LogP contribution in [0.1, 0.15) is 12.5 Å². The molecular formula is C12H19N3O. The van der Waals surface area contributed by atoms with E-state index in [1.165, 1.54) is 0 Å². The summed E-state index contributed by atoms with van der Waals surface area (Å²) in [5.74, 6) is 0.0903. The molecule has 16 heavy (non-hydrogen) atoms. The lowest BCUT2D eigenvalue weighted by atomic mass is 10.1. The fraction of sp³-hybridized carbons (Fsp3) is 0.417. The smallest absolute Gasteiger partial charge is 0.124 e. The van der Waals surface area contributed by atoms with Crippen LogP contribution in [0.3, 0.4) is 0 Å². The normalized spacial score (nSPS) is 12.2. The van der Waals surface area contributed by atoms with Crippen molar-refractivity contribution in [2.75, 3.05) is 25.6 Å². The molecule has 88 valence electrons. The van der Waals surface area contributed by atoms with Gasteiger partial charge in [-0.1, -0.05) is 12.1 Å². The van der Waals surface area contributed by atoms with E-state index in [-0.39, 0.29) is 11.9 Å². The lowest BCUT2D eigenvalue weighted by molar-refractivity contribution is 0.124. The van der Waals surface area contributed by atoms with Crippen LogP contribution in [-0.2, 0) is 4.74 Å². The van der Waals surface area contributed by atoms with Crippen LogP contribution in [0, 0.1) is 5.41 Å².